The minimum Gasteiger partial charge on any atom is -0.342 e. The Morgan fingerprint density at radius 1 is 1.09 bits per heavy atom. The van der Waals surface area contributed by atoms with Gasteiger partial charge in [0.2, 0.25) is 5.91 Å². The zero-order valence-electron chi connectivity index (χ0n) is 14.6. The normalized spacial score (nSPS) is 16.4. The van der Waals surface area contributed by atoms with Crippen molar-refractivity contribution < 1.29 is 4.79 Å². The van der Waals surface area contributed by atoms with E-state index >= 15 is 0 Å². The lowest BCUT2D eigenvalue weighted by Crippen LogP contribution is -2.50. The molecule has 1 aliphatic rings. The standard InChI is InChI=1S/C18H30N4O/c1-3-9-22(10-4-2)18(23)16-21-13-11-20(12-14-21)15-17-7-5-6-8-19-17/h5-8H,3-4,9-16H2,1-2H3. The zero-order valence-corrected chi connectivity index (χ0v) is 14.6. The van der Waals surface area contributed by atoms with Gasteiger partial charge in [0.15, 0.2) is 0 Å². The number of pyridine rings is 1. The highest BCUT2D eigenvalue weighted by atomic mass is 16.2. The molecule has 1 amide bonds. The summed E-state index contributed by atoms with van der Waals surface area (Å²) in [5.74, 6) is 0.284. The van der Waals surface area contributed by atoms with E-state index in [0.29, 0.717) is 6.54 Å². The number of carbonyl (C=O) groups is 1. The molecule has 2 rings (SSSR count). The molecule has 5 nitrogen and oxygen atoms in total. The van der Waals surface area contributed by atoms with Gasteiger partial charge in [0.05, 0.1) is 12.2 Å². The number of rotatable bonds is 8. The first-order valence-electron chi connectivity index (χ1n) is 8.85. The van der Waals surface area contributed by atoms with E-state index in [9.17, 15) is 4.79 Å². The van der Waals surface area contributed by atoms with Gasteiger partial charge in [-0.25, -0.2) is 0 Å². The van der Waals surface area contributed by atoms with Crippen LogP contribution in [0.25, 0.3) is 0 Å². The largest absolute Gasteiger partial charge is 0.342 e. The third kappa shape index (κ3) is 5.92. The fourth-order valence-electron chi connectivity index (χ4n) is 3.02. The first-order chi connectivity index (χ1) is 11.2. The Balaban J connectivity index is 1.74. The summed E-state index contributed by atoms with van der Waals surface area (Å²) in [6.07, 6.45) is 3.91. The Kier molecular flexibility index (Phi) is 7.49. The number of carbonyl (C=O) groups excluding carboxylic acids is 1. The summed E-state index contributed by atoms with van der Waals surface area (Å²) in [6.45, 7) is 11.4. The molecular formula is C18H30N4O. The first-order valence-corrected chi connectivity index (χ1v) is 8.85. The Morgan fingerprint density at radius 3 is 2.30 bits per heavy atom. The maximum Gasteiger partial charge on any atom is 0.236 e. The third-order valence-electron chi connectivity index (χ3n) is 4.28. The SMILES string of the molecule is CCCN(CCC)C(=O)CN1CCN(Cc2ccccn2)CC1. The van der Waals surface area contributed by atoms with Crippen LogP contribution in [-0.2, 0) is 11.3 Å². The van der Waals surface area contributed by atoms with Crippen molar-refractivity contribution in [1.29, 1.82) is 0 Å². The Morgan fingerprint density at radius 2 is 1.74 bits per heavy atom. The van der Waals surface area contributed by atoms with E-state index < -0.39 is 0 Å². The topological polar surface area (TPSA) is 39.7 Å². The minimum absolute atomic E-state index is 0.284. The molecule has 0 aliphatic carbocycles. The molecule has 1 aromatic rings. The fraction of sp³-hybridized carbons (Fsp3) is 0.667. The molecule has 0 unspecified atom stereocenters. The van der Waals surface area contributed by atoms with Crippen LogP contribution in [0, 0.1) is 0 Å². The summed E-state index contributed by atoms with van der Waals surface area (Å²) in [4.78, 5) is 23.5. The van der Waals surface area contributed by atoms with Gasteiger partial charge in [-0.3, -0.25) is 19.6 Å². The van der Waals surface area contributed by atoms with E-state index in [1.807, 2.05) is 23.2 Å². The van der Waals surface area contributed by atoms with Gasteiger partial charge in [0.25, 0.3) is 0 Å². The third-order valence-corrected chi connectivity index (χ3v) is 4.28. The summed E-state index contributed by atoms with van der Waals surface area (Å²) in [7, 11) is 0. The second-order valence-corrected chi connectivity index (χ2v) is 6.25. The van der Waals surface area contributed by atoms with Crippen LogP contribution >= 0.6 is 0 Å². The lowest BCUT2D eigenvalue weighted by molar-refractivity contribution is -0.133. The number of nitrogens with zero attached hydrogens (tertiary/aromatic N) is 4. The molecule has 23 heavy (non-hydrogen) atoms. The average Bonchev–Trinajstić information content (AvgIpc) is 2.57. The van der Waals surface area contributed by atoms with Crippen molar-refractivity contribution in [2.75, 3.05) is 45.8 Å². The van der Waals surface area contributed by atoms with Crippen molar-refractivity contribution in [1.82, 2.24) is 19.7 Å². The number of aromatic nitrogens is 1. The van der Waals surface area contributed by atoms with Gasteiger partial charge >= 0.3 is 0 Å². The highest BCUT2D eigenvalue weighted by Gasteiger charge is 2.21. The predicted molar refractivity (Wildman–Crippen MR) is 93.1 cm³/mol. The quantitative estimate of drug-likeness (QED) is 0.733. The summed E-state index contributed by atoms with van der Waals surface area (Å²) >= 11 is 0. The molecule has 1 aromatic heterocycles. The second kappa shape index (κ2) is 9.63. The van der Waals surface area contributed by atoms with Crippen LogP contribution in [0.4, 0.5) is 0 Å². The van der Waals surface area contributed by atoms with Crippen molar-refractivity contribution in [2.45, 2.75) is 33.2 Å². The van der Waals surface area contributed by atoms with Crippen LogP contribution in [0.1, 0.15) is 32.4 Å². The molecule has 0 aromatic carbocycles. The Labute approximate surface area is 140 Å². The van der Waals surface area contributed by atoms with Gasteiger partial charge in [-0.05, 0) is 25.0 Å². The summed E-state index contributed by atoms with van der Waals surface area (Å²) in [5, 5.41) is 0. The Hall–Kier alpha value is -1.46. The minimum atomic E-state index is 0.284. The summed E-state index contributed by atoms with van der Waals surface area (Å²) in [5.41, 5.74) is 1.12. The van der Waals surface area contributed by atoms with Gasteiger partial charge in [-0.1, -0.05) is 19.9 Å². The molecule has 0 radical (unpaired) electrons. The van der Waals surface area contributed by atoms with Crippen LogP contribution in [0.2, 0.25) is 0 Å². The van der Waals surface area contributed by atoms with Gasteiger partial charge < -0.3 is 4.90 Å². The van der Waals surface area contributed by atoms with Crippen molar-refractivity contribution in [2.24, 2.45) is 0 Å². The molecule has 0 spiro atoms. The number of amides is 1. The molecule has 1 fully saturated rings. The lowest BCUT2D eigenvalue weighted by atomic mass is 10.2. The second-order valence-electron chi connectivity index (χ2n) is 6.25. The number of hydrogen-bond donors (Lipinski definition) is 0. The van der Waals surface area contributed by atoms with Gasteiger partial charge in [-0.2, -0.15) is 0 Å². The van der Waals surface area contributed by atoms with Crippen molar-refractivity contribution in [3.05, 3.63) is 30.1 Å². The van der Waals surface area contributed by atoms with E-state index in [2.05, 4.69) is 34.7 Å². The van der Waals surface area contributed by atoms with E-state index in [1.54, 1.807) is 0 Å². The molecule has 0 atom stereocenters. The van der Waals surface area contributed by atoms with E-state index in [0.717, 1.165) is 64.3 Å². The summed E-state index contributed by atoms with van der Waals surface area (Å²) in [6, 6.07) is 6.06. The highest BCUT2D eigenvalue weighted by Crippen LogP contribution is 2.07. The predicted octanol–water partition coefficient (Wildman–Crippen LogP) is 1.85. The van der Waals surface area contributed by atoms with E-state index in [-0.39, 0.29) is 5.91 Å². The van der Waals surface area contributed by atoms with E-state index in [1.165, 1.54) is 0 Å². The van der Waals surface area contributed by atoms with Crippen LogP contribution < -0.4 is 0 Å². The highest BCUT2D eigenvalue weighted by molar-refractivity contribution is 5.78. The molecule has 1 aliphatic heterocycles. The van der Waals surface area contributed by atoms with Crippen LogP contribution in [0.15, 0.2) is 24.4 Å². The van der Waals surface area contributed by atoms with Crippen LogP contribution in [0.3, 0.4) is 0 Å². The number of piperazine rings is 1. The molecule has 1 saturated heterocycles. The smallest absolute Gasteiger partial charge is 0.236 e. The molecule has 5 heteroatoms. The molecule has 2 heterocycles. The molecule has 128 valence electrons. The fourth-order valence-corrected chi connectivity index (χ4v) is 3.02. The van der Waals surface area contributed by atoms with Crippen molar-refractivity contribution >= 4 is 5.91 Å². The molecule has 0 bridgehead atoms. The summed E-state index contributed by atoms with van der Waals surface area (Å²) < 4.78 is 0. The zero-order chi connectivity index (χ0) is 16.5. The number of hydrogen-bond acceptors (Lipinski definition) is 4. The maximum atomic E-state index is 12.4. The van der Waals surface area contributed by atoms with Crippen LogP contribution in [0.5, 0.6) is 0 Å². The lowest BCUT2D eigenvalue weighted by Gasteiger charge is -2.35. The maximum absolute atomic E-state index is 12.4. The average molecular weight is 318 g/mol. The van der Waals surface area contributed by atoms with Crippen molar-refractivity contribution in [3.63, 3.8) is 0 Å². The van der Waals surface area contributed by atoms with Gasteiger partial charge in [0.1, 0.15) is 0 Å². The first kappa shape index (κ1) is 17.9. The van der Waals surface area contributed by atoms with Gasteiger partial charge in [0, 0.05) is 52.0 Å². The Bertz CT molecular complexity index is 451. The molecule has 0 saturated carbocycles. The molecular weight excluding hydrogens is 288 g/mol. The monoisotopic (exact) mass is 318 g/mol. The van der Waals surface area contributed by atoms with E-state index in [4.69, 9.17) is 0 Å². The van der Waals surface area contributed by atoms with Crippen LogP contribution in [-0.4, -0.2) is 71.4 Å². The van der Waals surface area contributed by atoms with Gasteiger partial charge in [-0.15, -0.1) is 0 Å². The van der Waals surface area contributed by atoms with Crippen molar-refractivity contribution in [3.8, 4) is 0 Å². The molecule has 0 N–H and O–H groups in total.